The molecule has 0 saturated heterocycles. The Balaban J connectivity index is 2.80. The first-order valence-corrected chi connectivity index (χ1v) is 4.64. The molecule has 0 aliphatic rings. The van der Waals surface area contributed by atoms with Gasteiger partial charge in [-0.3, -0.25) is 4.79 Å². The first-order valence-electron chi connectivity index (χ1n) is 4.64. The largest absolute Gasteiger partial charge is 0.482 e. The molecule has 0 aromatic heterocycles. The Bertz CT molecular complexity index is 419. The second-order valence-electron chi connectivity index (χ2n) is 3.24. The number of nitrogens with one attached hydrogen (secondary N) is 1. The Hall–Kier alpha value is -1.92. The number of hydrogen-bond donors (Lipinski definition) is 2. The third-order valence-electron chi connectivity index (χ3n) is 1.89. The van der Waals surface area contributed by atoms with Crippen LogP contribution in [0.1, 0.15) is 10.4 Å². The molecule has 1 aromatic rings. The Labute approximate surface area is 95.6 Å². The molecule has 0 atom stereocenters. The van der Waals surface area contributed by atoms with Gasteiger partial charge in [0.05, 0.1) is 5.69 Å². The van der Waals surface area contributed by atoms with E-state index in [0.29, 0.717) is 0 Å². The molecule has 0 heterocycles. The Morgan fingerprint density at radius 3 is 2.59 bits per heavy atom. The van der Waals surface area contributed by atoms with Crippen LogP contribution in [0.3, 0.4) is 0 Å². The molecule has 3 N–H and O–H groups in total. The standard InChI is InChI=1S/C10H11F3N2O2/c1-15-9(16)6-2-3-8(7(14)4-6)17-5-10(11,12)13/h2-4H,5,14H2,1H3,(H,15,16). The second kappa shape index (κ2) is 4.94. The van der Waals surface area contributed by atoms with Crippen LogP contribution >= 0.6 is 0 Å². The lowest BCUT2D eigenvalue weighted by molar-refractivity contribution is -0.153. The van der Waals surface area contributed by atoms with Crippen molar-refractivity contribution in [1.29, 1.82) is 0 Å². The van der Waals surface area contributed by atoms with Crippen LogP contribution in [-0.4, -0.2) is 25.7 Å². The van der Waals surface area contributed by atoms with Crippen molar-refractivity contribution in [2.24, 2.45) is 0 Å². The van der Waals surface area contributed by atoms with E-state index in [2.05, 4.69) is 10.1 Å². The molecule has 0 unspecified atom stereocenters. The number of amides is 1. The van der Waals surface area contributed by atoms with Gasteiger partial charge in [0.25, 0.3) is 5.91 Å². The van der Waals surface area contributed by atoms with Gasteiger partial charge in [0.1, 0.15) is 5.75 Å². The van der Waals surface area contributed by atoms with Crippen LogP contribution in [0.25, 0.3) is 0 Å². The second-order valence-corrected chi connectivity index (χ2v) is 3.24. The highest BCUT2D eigenvalue weighted by Crippen LogP contribution is 2.25. The summed E-state index contributed by atoms with van der Waals surface area (Å²) in [6.45, 7) is -1.42. The Morgan fingerprint density at radius 2 is 2.12 bits per heavy atom. The van der Waals surface area contributed by atoms with Crippen molar-refractivity contribution in [3.8, 4) is 5.75 Å². The third kappa shape index (κ3) is 3.86. The summed E-state index contributed by atoms with van der Waals surface area (Å²) in [5.74, 6) is -0.478. The summed E-state index contributed by atoms with van der Waals surface area (Å²) in [6, 6.07) is 3.82. The zero-order valence-corrected chi connectivity index (χ0v) is 8.97. The summed E-state index contributed by atoms with van der Waals surface area (Å²) >= 11 is 0. The molecule has 0 aliphatic heterocycles. The average molecular weight is 248 g/mol. The van der Waals surface area contributed by atoms with E-state index in [4.69, 9.17) is 5.73 Å². The molecular weight excluding hydrogens is 237 g/mol. The van der Waals surface area contributed by atoms with Crippen molar-refractivity contribution in [1.82, 2.24) is 5.32 Å². The number of nitrogens with two attached hydrogens (primary N) is 1. The highest BCUT2D eigenvalue weighted by molar-refractivity contribution is 5.95. The molecule has 0 fully saturated rings. The lowest BCUT2D eigenvalue weighted by Gasteiger charge is -2.11. The number of rotatable bonds is 3. The first kappa shape index (κ1) is 13.1. The van der Waals surface area contributed by atoms with Crippen molar-refractivity contribution in [2.45, 2.75) is 6.18 Å². The highest BCUT2D eigenvalue weighted by atomic mass is 19.4. The van der Waals surface area contributed by atoms with Crippen LogP contribution in [0, 0.1) is 0 Å². The maximum Gasteiger partial charge on any atom is 0.422 e. The molecule has 7 heteroatoms. The molecular formula is C10H11F3N2O2. The van der Waals surface area contributed by atoms with Crippen LogP contribution < -0.4 is 15.8 Å². The van der Waals surface area contributed by atoms with Gasteiger partial charge >= 0.3 is 6.18 Å². The van der Waals surface area contributed by atoms with Crippen LogP contribution in [0.2, 0.25) is 0 Å². The minimum atomic E-state index is -4.42. The summed E-state index contributed by atoms with van der Waals surface area (Å²) in [6.07, 6.45) is -4.42. The fraction of sp³-hybridized carbons (Fsp3) is 0.300. The molecule has 17 heavy (non-hydrogen) atoms. The van der Waals surface area contributed by atoms with Gasteiger partial charge in [-0.25, -0.2) is 0 Å². The van der Waals surface area contributed by atoms with E-state index in [1.165, 1.54) is 25.2 Å². The molecule has 1 amide bonds. The number of ether oxygens (including phenoxy) is 1. The van der Waals surface area contributed by atoms with Crippen molar-refractivity contribution in [2.75, 3.05) is 19.4 Å². The van der Waals surface area contributed by atoms with Crippen LogP contribution in [0.4, 0.5) is 18.9 Å². The van der Waals surface area contributed by atoms with Crippen LogP contribution in [-0.2, 0) is 0 Å². The maximum absolute atomic E-state index is 11.9. The zero-order chi connectivity index (χ0) is 13.1. The van der Waals surface area contributed by atoms with Gasteiger partial charge in [-0.15, -0.1) is 0 Å². The maximum atomic E-state index is 11.9. The number of hydrogen-bond acceptors (Lipinski definition) is 3. The predicted molar refractivity (Wildman–Crippen MR) is 55.8 cm³/mol. The molecule has 0 saturated carbocycles. The fourth-order valence-electron chi connectivity index (χ4n) is 1.13. The van der Waals surface area contributed by atoms with Gasteiger partial charge < -0.3 is 15.8 Å². The molecule has 0 spiro atoms. The van der Waals surface area contributed by atoms with E-state index >= 15 is 0 Å². The minimum absolute atomic E-state index is 0.0182. The van der Waals surface area contributed by atoms with Crippen LogP contribution in [0.15, 0.2) is 18.2 Å². The van der Waals surface area contributed by atoms with E-state index in [1.807, 2.05) is 0 Å². The number of alkyl halides is 3. The summed E-state index contributed by atoms with van der Waals surface area (Å²) in [4.78, 5) is 11.2. The third-order valence-corrected chi connectivity index (χ3v) is 1.89. The van der Waals surface area contributed by atoms with Gasteiger partial charge in [-0.2, -0.15) is 13.2 Å². The number of carbonyl (C=O) groups excluding carboxylic acids is 1. The van der Waals surface area contributed by atoms with Crippen molar-refractivity contribution >= 4 is 11.6 Å². The lowest BCUT2D eigenvalue weighted by atomic mass is 10.2. The van der Waals surface area contributed by atoms with E-state index in [-0.39, 0.29) is 22.9 Å². The summed E-state index contributed by atoms with van der Waals surface area (Å²) in [5, 5.41) is 2.37. The molecule has 1 aromatic carbocycles. The lowest BCUT2D eigenvalue weighted by Crippen LogP contribution is -2.20. The van der Waals surface area contributed by atoms with E-state index in [9.17, 15) is 18.0 Å². The van der Waals surface area contributed by atoms with E-state index in [1.54, 1.807) is 0 Å². The van der Waals surface area contributed by atoms with Gasteiger partial charge in [-0.1, -0.05) is 0 Å². The number of benzene rings is 1. The van der Waals surface area contributed by atoms with Crippen LogP contribution in [0.5, 0.6) is 5.75 Å². The number of halogens is 3. The molecule has 1 rings (SSSR count). The van der Waals surface area contributed by atoms with Gasteiger partial charge in [0.15, 0.2) is 6.61 Å². The highest BCUT2D eigenvalue weighted by Gasteiger charge is 2.28. The topological polar surface area (TPSA) is 64.3 Å². The van der Waals surface area contributed by atoms with Gasteiger partial charge in [0, 0.05) is 12.6 Å². The van der Waals surface area contributed by atoms with E-state index in [0.717, 1.165) is 0 Å². The van der Waals surface area contributed by atoms with Gasteiger partial charge in [-0.05, 0) is 18.2 Å². The smallest absolute Gasteiger partial charge is 0.422 e. The average Bonchev–Trinajstić information content (AvgIpc) is 2.25. The minimum Gasteiger partial charge on any atom is -0.482 e. The molecule has 0 bridgehead atoms. The molecule has 0 radical (unpaired) electrons. The van der Waals surface area contributed by atoms with Crippen molar-refractivity contribution in [3.05, 3.63) is 23.8 Å². The molecule has 94 valence electrons. The number of anilines is 1. The normalized spacial score (nSPS) is 11.1. The Kier molecular flexibility index (Phi) is 3.82. The summed E-state index contributed by atoms with van der Waals surface area (Å²) in [7, 11) is 1.44. The van der Waals surface area contributed by atoms with Gasteiger partial charge in [0.2, 0.25) is 0 Å². The van der Waals surface area contributed by atoms with Crippen molar-refractivity contribution < 1.29 is 22.7 Å². The fourth-order valence-corrected chi connectivity index (χ4v) is 1.13. The number of nitrogen functional groups attached to an aromatic ring is 1. The molecule has 0 aliphatic carbocycles. The summed E-state index contributed by atoms with van der Waals surface area (Å²) in [5.41, 5.74) is 5.71. The van der Waals surface area contributed by atoms with Crippen molar-refractivity contribution in [3.63, 3.8) is 0 Å². The predicted octanol–water partition coefficient (Wildman–Crippen LogP) is 1.57. The quantitative estimate of drug-likeness (QED) is 0.798. The van der Waals surface area contributed by atoms with E-state index < -0.39 is 12.8 Å². The number of carbonyl (C=O) groups is 1. The summed E-state index contributed by atoms with van der Waals surface area (Å²) < 4.78 is 40.2. The monoisotopic (exact) mass is 248 g/mol. The first-order chi connectivity index (χ1) is 7.83. The molecule has 4 nitrogen and oxygen atoms in total. The zero-order valence-electron chi connectivity index (χ0n) is 8.97. The Morgan fingerprint density at radius 1 is 1.47 bits per heavy atom. The SMILES string of the molecule is CNC(=O)c1ccc(OCC(F)(F)F)c(N)c1.